The molecule has 2 rings (SSSR count). The monoisotopic (exact) mass is 292 g/mol. The second kappa shape index (κ2) is 5.59. The second-order valence-electron chi connectivity index (χ2n) is 4.22. The highest BCUT2D eigenvalue weighted by molar-refractivity contribution is 7.94. The molecule has 0 saturated heterocycles. The zero-order valence-corrected chi connectivity index (χ0v) is 11.9. The predicted octanol–water partition coefficient (Wildman–Crippen LogP) is 4.09. The molecule has 0 amide bonds. The fourth-order valence-electron chi connectivity index (χ4n) is 1.58. The van der Waals surface area contributed by atoms with E-state index in [9.17, 15) is 8.42 Å². The van der Waals surface area contributed by atoms with Crippen LogP contribution in [0.25, 0.3) is 6.08 Å². The van der Waals surface area contributed by atoms with E-state index < -0.39 is 9.84 Å². The first-order chi connectivity index (χ1) is 8.97. The first-order valence-electron chi connectivity index (χ1n) is 5.73. The van der Waals surface area contributed by atoms with E-state index in [0.717, 1.165) is 11.1 Å². The summed E-state index contributed by atoms with van der Waals surface area (Å²) < 4.78 is 24.2. The summed E-state index contributed by atoms with van der Waals surface area (Å²) in [4.78, 5) is 0.288. The van der Waals surface area contributed by atoms with Crippen LogP contribution in [0, 0.1) is 6.92 Å². The molecule has 0 N–H and O–H groups in total. The number of hydrogen-bond acceptors (Lipinski definition) is 2. The Labute approximate surface area is 118 Å². The number of benzene rings is 2. The van der Waals surface area contributed by atoms with Crippen LogP contribution in [0.15, 0.2) is 58.8 Å². The van der Waals surface area contributed by atoms with Gasteiger partial charge in [-0.25, -0.2) is 8.42 Å². The molecule has 0 aliphatic carbocycles. The quantitative estimate of drug-likeness (QED) is 0.854. The highest BCUT2D eigenvalue weighted by Gasteiger charge is 2.09. The Kier molecular flexibility index (Phi) is 4.08. The molecule has 4 heteroatoms. The topological polar surface area (TPSA) is 34.1 Å². The zero-order valence-electron chi connectivity index (χ0n) is 10.4. The molecule has 2 aromatic carbocycles. The number of rotatable bonds is 3. The van der Waals surface area contributed by atoms with Crippen LogP contribution in [-0.4, -0.2) is 8.42 Å². The Morgan fingerprint density at radius 3 is 2.37 bits per heavy atom. The molecule has 0 bridgehead atoms. The van der Waals surface area contributed by atoms with Gasteiger partial charge in [0.2, 0.25) is 0 Å². The average molecular weight is 293 g/mol. The van der Waals surface area contributed by atoms with Crippen molar-refractivity contribution >= 4 is 27.5 Å². The van der Waals surface area contributed by atoms with Gasteiger partial charge >= 0.3 is 0 Å². The van der Waals surface area contributed by atoms with E-state index in [1.165, 1.54) is 5.41 Å². The summed E-state index contributed by atoms with van der Waals surface area (Å²) in [5.74, 6) is 0. The summed E-state index contributed by atoms with van der Waals surface area (Å²) in [7, 11) is -3.41. The zero-order chi connectivity index (χ0) is 13.9. The number of hydrogen-bond donors (Lipinski definition) is 0. The van der Waals surface area contributed by atoms with E-state index in [2.05, 4.69) is 0 Å². The molecular formula is C15H13ClO2S. The molecule has 0 radical (unpaired) electrons. The van der Waals surface area contributed by atoms with Gasteiger partial charge < -0.3 is 0 Å². The third-order valence-electron chi connectivity index (χ3n) is 2.64. The Morgan fingerprint density at radius 1 is 1.05 bits per heavy atom. The predicted molar refractivity (Wildman–Crippen MR) is 78.9 cm³/mol. The highest BCUT2D eigenvalue weighted by atomic mass is 35.5. The molecule has 19 heavy (non-hydrogen) atoms. The third-order valence-corrected chi connectivity index (χ3v) is 4.30. The first kappa shape index (κ1) is 13.8. The summed E-state index contributed by atoms with van der Waals surface area (Å²) in [5.41, 5.74) is 1.78. The van der Waals surface area contributed by atoms with Gasteiger partial charge in [0.1, 0.15) is 0 Å². The largest absolute Gasteiger partial charge is 0.219 e. The normalized spacial score (nSPS) is 11.9. The maximum Gasteiger partial charge on any atom is 0.199 e. The fourth-order valence-corrected chi connectivity index (χ4v) is 2.79. The lowest BCUT2D eigenvalue weighted by molar-refractivity contribution is 0.605. The van der Waals surface area contributed by atoms with E-state index in [-0.39, 0.29) is 4.90 Å². The summed E-state index contributed by atoms with van der Waals surface area (Å²) in [5, 5.41) is 1.78. The van der Waals surface area contributed by atoms with E-state index in [1.54, 1.807) is 54.6 Å². The minimum absolute atomic E-state index is 0.288. The van der Waals surface area contributed by atoms with Gasteiger partial charge in [-0.2, -0.15) is 0 Å². The van der Waals surface area contributed by atoms with E-state index in [0.29, 0.717) is 5.02 Å². The van der Waals surface area contributed by atoms with Gasteiger partial charge in [0.25, 0.3) is 0 Å². The van der Waals surface area contributed by atoms with Crippen molar-refractivity contribution in [3.8, 4) is 0 Å². The number of aryl methyl sites for hydroxylation is 1. The van der Waals surface area contributed by atoms with Crippen molar-refractivity contribution in [2.45, 2.75) is 11.8 Å². The molecule has 0 aliphatic rings. The van der Waals surface area contributed by atoms with Gasteiger partial charge in [-0.1, -0.05) is 41.4 Å². The van der Waals surface area contributed by atoms with Gasteiger partial charge in [0, 0.05) is 10.4 Å². The van der Waals surface area contributed by atoms with Crippen molar-refractivity contribution < 1.29 is 8.42 Å². The van der Waals surface area contributed by atoms with Gasteiger partial charge in [0.05, 0.1) is 4.90 Å². The first-order valence-corrected chi connectivity index (χ1v) is 7.65. The molecule has 2 aromatic rings. The second-order valence-corrected chi connectivity index (χ2v) is 6.49. The van der Waals surface area contributed by atoms with Crippen molar-refractivity contribution in [3.05, 3.63) is 70.1 Å². The van der Waals surface area contributed by atoms with Crippen LogP contribution in [-0.2, 0) is 9.84 Å². The summed E-state index contributed by atoms with van der Waals surface area (Å²) in [6.45, 7) is 1.91. The Bertz CT molecular complexity index is 701. The number of halogens is 1. The van der Waals surface area contributed by atoms with Crippen LogP contribution in [0.3, 0.4) is 0 Å². The van der Waals surface area contributed by atoms with Crippen LogP contribution >= 0.6 is 11.6 Å². The van der Waals surface area contributed by atoms with Crippen LogP contribution in [0.4, 0.5) is 0 Å². The van der Waals surface area contributed by atoms with Crippen LogP contribution in [0.1, 0.15) is 11.1 Å². The average Bonchev–Trinajstić information content (AvgIpc) is 2.37. The molecule has 0 heterocycles. The molecule has 0 spiro atoms. The Morgan fingerprint density at radius 2 is 1.74 bits per heavy atom. The maximum atomic E-state index is 12.1. The smallest absolute Gasteiger partial charge is 0.199 e. The van der Waals surface area contributed by atoms with Gasteiger partial charge in [-0.15, -0.1) is 0 Å². The van der Waals surface area contributed by atoms with Crippen molar-refractivity contribution in [1.82, 2.24) is 0 Å². The lowest BCUT2D eigenvalue weighted by atomic mass is 10.2. The van der Waals surface area contributed by atoms with Gasteiger partial charge in [-0.3, -0.25) is 0 Å². The fraction of sp³-hybridized carbons (Fsp3) is 0.0667. The van der Waals surface area contributed by atoms with Crippen molar-refractivity contribution in [1.29, 1.82) is 0 Å². The van der Waals surface area contributed by atoms with Crippen LogP contribution in [0.5, 0.6) is 0 Å². The van der Waals surface area contributed by atoms with Crippen LogP contribution < -0.4 is 0 Å². The highest BCUT2D eigenvalue weighted by Crippen LogP contribution is 2.16. The standard InChI is InChI=1S/C15H13ClO2S/c1-12-5-7-15(8-6-12)19(17,18)10-9-13-3-2-4-14(16)11-13/h2-11H,1H3/b10-9+. The molecule has 0 aromatic heterocycles. The summed E-state index contributed by atoms with van der Waals surface area (Å²) in [6, 6.07) is 13.8. The maximum absolute atomic E-state index is 12.1. The van der Waals surface area contributed by atoms with Crippen molar-refractivity contribution in [2.75, 3.05) is 0 Å². The van der Waals surface area contributed by atoms with Crippen LogP contribution in [0.2, 0.25) is 5.02 Å². The van der Waals surface area contributed by atoms with E-state index in [4.69, 9.17) is 11.6 Å². The molecule has 2 nitrogen and oxygen atoms in total. The Hall–Kier alpha value is -1.58. The molecular weight excluding hydrogens is 280 g/mol. The third kappa shape index (κ3) is 3.69. The number of sulfone groups is 1. The molecule has 0 atom stereocenters. The lowest BCUT2D eigenvalue weighted by Gasteiger charge is -2.00. The molecule has 0 saturated carbocycles. The summed E-state index contributed by atoms with van der Waals surface area (Å²) in [6.07, 6.45) is 1.54. The SMILES string of the molecule is Cc1ccc(S(=O)(=O)/C=C/c2cccc(Cl)c2)cc1. The summed E-state index contributed by atoms with van der Waals surface area (Å²) >= 11 is 5.85. The Balaban J connectivity index is 2.29. The minimum Gasteiger partial charge on any atom is -0.219 e. The molecule has 98 valence electrons. The van der Waals surface area contributed by atoms with E-state index in [1.807, 2.05) is 6.92 Å². The molecule has 0 unspecified atom stereocenters. The van der Waals surface area contributed by atoms with Crippen molar-refractivity contribution in [3.63, 3.8) is 0 Å². The van der Waals surface area contributed by atoms with E-state index >= 15 is 0 Å². The van der Waals surface area contributed by atoms with Crippen molar-refractivity contribution in [2.24, 2.45) is 0 Å². The molecule has 0 fully saturated rings. The lowest BCUT2D eigenvalue weighted by Crippen LogP contribution is -1.95. The molecule has 0 aliphatic heterocycles. The van der Waals surface area contributed by atoms with Gasteiger partial charge in [-0.05, 0) is 42.8 Å². The van der Waals surface area contributed by atoms with Gasteiger partial charge in [0.15, 0.2) is 9.84 Å². The minimum atomic E-state index is -3.41.